The van der Waals surface area contributed by atoms with E-state index in [1.165, 1.54) is 32.0 Å². The molecule has 0 radical (unpaired) electrons. The summed E-state index contributed by atoms with van der Waals surface area (Å²) in [6, 6.07) is 4.06. The van der Waals surface area contributed by atoms with Crippen molar-refractivity contribution in [2.45, 2.75) is 56.9 Å². The van der Waals surface area contributed by atoms with Crippen molar-refractivity contribution in [2.75, 3.05) is 12.4 Å². The van der Waals surface area contributed by atoms with Crippen molar-refractivity contribution in [3.05, 3.63) is 33.9 Å². The first kappa shape index (κ1) is 22.0. The van der Waals surface area contributed by atoms with Gasteiger partial charge in [-0.05, 0) is 40.7 Å². The number of hydrogen-bond acceptors (Lipinski definition) is 7. The fraction of sp³-hybridized carbons (Fsp3) is 0.579. The number of fused-ring (bicyclic) bond motifs is 2. The van der Waals surface area contributed by atoms with E-state index in [-0.39, 0.29) is 30.3 Å². The number of nitro benzene ring substituents is 1. The third-order valence-corrected chi connectivity index (χ3v) is 7.84. The fourth-order valence-electron chi connectivity index (χ4n) is 3.48. The number of aliphatic imine (C=N–C) groups is 1. The molecule has 30 heavy (non-hydrogen) atoms. The molecular weight excluding hydrogens is 414 g/mol. The van der Waals surface area contributed by atoms with E-state index in [0.29, 0.717) is 11.3 Å². The van der Waals surface area contributed by atoms with Crippen LogP contribution in [0.25, 0.3) is 0 Å². The number of non-ortho nitro benzene ring substituents is 1. The van der Waals surface area contributed by atoms with Gasteiger partial charge in [0.25, 0.3) is 5.69 Å². The number of nitrogens with one attached hydrogen (secondary N) is 1. The molecule has 0 aromatic heterocycles. The zero-order valence-corrected chi connectivity index (χ0v) is 18.3. The standard InChI is InChI=1S/C19H25N3O7S/c1-17(2,3)29-16(23)20-15-18(4,5)30(26,27)11-19(21-15)8-9-28-14-7-6-12(22(24)25)10-13(14)19/h6-7,10H,8-9,11H2,1-5H3,(H,20,21,23)/t19-/m0/s1. The Bertz CT molecular complexity index is 1040. The van der Waals surface area contributed by atoms with E-state index in [2.05, 4.69) is 10.3 Å². The quantitative estimate of drug-likeness (QED) is 0.521. The van der Waals surface area contributed by atoms with E-state index in [4.69, 9.17) is 9.47 Å². The number of benzene rings is 1. The van der Waals surface area contributed by atoms with Crippen LogP contribution in [0.2, 0.25) is 0 Å². The number of amides is 1. The molecule has 10 nitrogen and oxygen atoms in total. The summed E-state index contributed by atoms with van der Waals surface area (Å²) < 4.78 is 35.8. The molecule has 11 heteroatoms. The first-order chi connectivity index (χ1) is 13.7. The van der Waals surface area contributed by atoms with Crippen LogP contribution in [-0.2, 0) is 20.1 Å². The number of nitro groups is 1. The van der Waals surface area contributed by atoms with Crippen LogP contribution in [0.15, 0.2) is 23.2 Å². The monoisotopic (exact) mass is 439 g/mol. The summed E-state index contributed by atoms with van der Waals surface area (Å²) >= 11 is 0. The van der Waals surface area contributed by atoms with Gasteiger partial charge in [0.15, 0.2) is 9.84 Å². The number of amidine groups is 1. The summed E-state index contributed by atoms with van der Waals surface area (Å²) in [4.78, 5) is 27.0. The van der Waals surface area contributed by atoms with Crippen LogP contribution < -0.4 is 10.1 Å². The van der Waals surface area contributed by atoms with Gasteiger partial charge in [0.1, 0.15) is 21.9 Å². The molecule has 1 saturated heterocycles. The molecule has 0 bridgehead atoms. The van der Waals surface area contributed by atoms with Crippen LogP contribution in [0, 0.1) is 10.1 Å². The lowest BCUT2D eigenvalue weighted by atomic mass is 9.84. The van der Waals surface area contributed by atoms with Crippen LogP contribution in [0.3, 0.4) is 0 Å². The highest BCUT2D eigenvalue weighted by atomic mass is 32.2. The summed E-state index contributed by atoms with van der Waals surface area (Å²) in [7, 11) is -3.81. The Morgan fingerprint density at radius 1 is 1.33 bits per heavy atom. The molecule has 0 aliphatic carbocycles. The minimum atomic E-state index is -3.81. The highest BCUT2D eigenvalue weighted by Crippen LogP contribution is 2.44. The minimum absolute atomic E-state index is 0.0673. The average molecular weight is 439 g/mol. The van der Waals surface area contributed by atoms with Gasteiger partial charge >= 0.3 is 6.09 Å². The van der Waals surface area contributed by atoms with E-state index < -0.39 is 36.7 Å². The van der Waals surface area contributed by atoms with Crippen molar-refractivity contribution in [3.63, 3.8) is 0 Å². The molecule has 164 valence electrons. The van der Waals surface area contributed by atoms with Crippen LogP contribution in [0.1, 0.15) is 46.6 Å². The fourth-order valence-corrected chi connectivity index (χ4v) is 5.26. The van der Waals surface area contributed by atoms with Gasteiger partial charge in [0.05, 0.1) is 22.8 Å². The molecule has 1 spiro atoms. The van der Waals surface area contributed by atoms with Gasteiger partial charge in [-0.3, -0.25) is 10.1 Å². The number of sulfone groups is 1. The predicted molar refractivity (Wildman–Crippen MR) is 110 cm³/mol. The van der Waals surface area contributed by atoms with Crippen molar-refractivity contribution in [3.8, 4) is 5.75 Å². The Labute approximate surface area is 174 Å². The molecule has 1 atom stereocenters. The number of carbonyl (C=O) groups is 1. The molecule has 1 aromatic rings. The summed E-state index contributed by atoms with van der Waals surface area (Å²) in [6.07, 6.45) is -0.694. The van der Waals surface area contributed by atoms with Crippen LogP contribution in [0.4, 0.5) is 10.5 Å². The first-order valence-corrected chi connectivity index (χ1v) is 11.1. The molecule has 1 fully saturated rings. The van der Waals surface area contributed by atoms with Crippen molar-refractivity contribution in [2.24, 2.45) is 4.99 Å². The minimum Gasteiger partial charge on any atom is -0.493 e. The molecule has 3 rings (SSSR count). The molecule has 2 heterocycles. The maximum Gasteiger partial charge on any atom is 0.435 e. The van der Waals surface area contributed by atoms with E-state index in [9.17, 15) is 23.3 Å². The van der Waals surface area contributed by atoms with Crippen molar-refractivity contribution in [1.29, 1.82) is 0 Å². The number of ether oxygens (including phenoxy) is 2. The Kier molecular flexibility index (Phi) is 5.08. The van der Waals surface area contributed by atoms with Crippen LogP contribution in [0.5, 0.6) is 5.75 Å². The second-order valence-electron chi connectivity index (χ2n) is 8.95. The Balaban J connectivity index is 2.14. The zero-order chi connectivity index (χ0) is 22.5. The Morgan fingerprint density at radius 2 is 2.00 bits per heavy atom. The molecule has 0 saturated carbocycles. The number of hydrogen-bond donors (Lipinski definition) is 1. The zero-order valence-electron chi connectivity index (χ0n) is 17.5. The molecule has 2 aliphatic heterocycles. The topological polar surface area (TPSA) is 137 Å². The smallest absolute Gasteiger partial charge is 0.435 e. The number of nitrogens with zero attached hydrogens (tertiary/aromatic N) is 2. The van der Waals surface area contributed by atoms with Gasteiger partial charge in [-0.15, -0.1) is 0 Å². The van der Waals surface area contributed by atoms with Gasteiger partial charge in [-0.25, -0.2) is 13.2 Å². The second-order valence-corrected chi connectivity index (χ2v) is 11.5. The van der Waals surface area contributed by atoms with Gasteiger partial charge in [0, 0.05) is 24.1 Å². The molecule has 1 N–H and O–H groups in total. The second kappa shape index (κ2) is 6.93. The molecule has 1 amide bonds. The highest BCUT2D eigenvalue weighted by Gasteiger charge is 2.55. The highest BCUT2D eigenvalue weighted by molar-refractivity contribution is 7.93. The molecular formula is C19H25N3O7S. The van der Waals surface area contributed by atoms with E-state index in [1.54, 1.807) is 20.8 Å². The lowest BCUT2D eigenvalue weighted by molar-refractivity contribution is -0.385. The predicted octanol–water partition coefficient (Wildman–Crippen LogP) is 2.70. The van der Waals surface area contributed by atoms with Gasteiger partial charge in [0.2, 0.25) is 0 Å². The van der Waals surface area contributed by atoms with Crippen molar-refractivity contribution < 1.29 is 27.6 Å². The molecule has 0 unspecified atom stereocenters. The summed E-state index contributed by atoms with van der Waals surface area (Å²) in [6.45, 7) is 8.15. The molecule has 1 aromatic carbocycles. The first-order valence-electron chi connectivity index (χ1n) is 9.41. The summed E-state index contributed by atoms with van der Waals surface area (Å²) in [5.74, 6) is -0.0362. The lowest BCUT2D eigenvalue weighted by Gasteiger charge is -2.47. The van der Waals surface area contributed by atoms with E-state index in [0.717, 1.165) is 0 Å². The maximum atomic E-state index is 13.2. The summed E-state index contributed by atoms with van der Waals surface area (Å²) in [5, 5.41) is 14.4. The molecule has 2 aliphatic rings. The lowest BCUT2D eigenvalue weighted by Crippen LogP contribution is -2.66. The Morgan fingerprint density at radius 3 is 2.60 bits per heavy atom. The number of rotatable bonds is 1. The van der Waals surface area contributed by atoms with Gasteiger partial charge in [-0.2, -0.15) is 4.99 Å². The van der Waals surface area contributed by atoms with Crippen LogP contribution >= 0.6 is 0 Å². The van der Waals surface area contributed by atoms with Gasteiger partial charge in [-0.1, -0.05) is 0 Å². The van der Waals surface area contributed by atoms with E-state index in [1.807, 2.05) is 0 Å². The maximum absolute atomic E-state index is 13.2. The van der Waals surface area contributed by atoms with Crippen LogP contribution in [-0.4, -0.2) is 48.0 Å². The normalized spacial score (nSPS) is 25.7. The third-order valence-electron chi connectivity index (χ3n) is 5.21. The average Bonchev–Trinajstić information content (AvgIpc) is 2.58. The number of carbonyl (C=O) groups excluding carboxylic acids is 1. The Hall–Kier alpha value is -2.69. The van der Waals surface area contributed by atoms with Crippen molar-refractivity contribution in [1.82, 2.24) is 5.32 Å². The largest absolute Gasteiger partial charge is 0.493 e. The van der Waals surface area contributed by atoms with Gasteiger partial charge < -0.3 is 14.8 Å². The van der Waals surface area contributed by atoms with Crippen molar-refractivity contribution >= 4 is 27.5 Å². The van der Waals surface area contributed by atoms with E-state index >= 15 is 0 Å². The third kappa shape index (κ3) is 3.85. The SMILES string of the molecule is CC(C)(C)OC(=O)/N=C1\N[C@@]2(CCOc3ccc([N+](=O)[O-])cc32)CS(=O)(=O)C1(C)C. The summed E-state index contributed by atoms with van der Waals surface area (Å²) in [5.41, 5.74) is -1.86.